The van der Waals surface area contributed by atoms with Gasteiger partial charge in [-0.1, -0.05) is 12.1 Å². The highest BCUT2D eigenvalue weighted by Crippen LogP contribution is 2.28. The molecule has 0 unspecified atom stereocenters. The van der Waals surface area contributed by atoms with Crippen LogP contribution >= 0.6 is 0 Å². The standard InChI is InChI=1S/C16H21N3O2/c1-19-14-6-4-3-5-13(14)18-16(19)17-12-9-7-11(8-10-12)15(20)21-2/h3-6,11-12H,7-10H2,1-2H3,(H,17,18). The highest BCUT2D eigenvalue weighted by Gasteiger charge is 2.27. The number of imidazole rings is 1. The van der Waals surface area contributed by atoms with E-state index in [0.717, 1.165) is 42.7 Å². The van der Waals surface area contributed by atoms with Gasteiger partial charge in [-0.25, -0.2) is 4.98 Å². The van der Waals surface area contributed by atoms with Crippen LogP contribution in [0, 0.1) is 5.92 Å². The second-order valence-corrected chi connectivity index (χ2v) is 5.70. The third kappa shape index (κ3) is 2.73. The van der Waals surface area contributed by atoms with Crippen molar-refractivity contribution in [3.63, 3.8) is 0 Å². The van der Waals surface area contributed by atoms with E-state index in [1.807, 2.05) is 25.2 Å². The van der Waals surface area contributed by atoms with Crippen LogP contribution in [0.5, 0.6) is 0 Å². The molecular formula is C16H21N3O2. The van der Waals surface area contributed by atoms with Crippen molar-refractivity contribution < 1.29 is 9.53 Å². The van der Waals surface area contributed by atoms with Gasteiger partial charge in [0.15, 0.2) is 0 Å². The first-order valence-electron chi connectivity index (χ1n) is 7.45. The van der Waals surface area contributed by atoms with Crippen molar-refractivity contribution in [2.45, 2.75) is 31.7 Å². The number of carbonyl (C=O) groups is 1. The molecule has 1 aliphatic carbocycles. The summed E-state index contributed by atoms with van der Waals surface area (Å²) in [5.41, 5.74) is 2.13. The van der Waals surface area contributed by atoms with Crippen molar-refractivity contribution in [1.29, 1.82) is 0 Å². The number of benzene rings is 1. The van der Waals surface area contributed by atoms with Gasteiger partial charge in [0, 0.05) is 13.1 Å². The predicted octanol–water partition coefficient (Wildman–Crippen LogP) is 2.72. The van der Waals surface area contributed by atoms with Crippen molar-refractivity contribution in [3.05, 3.63) is 24.3 Å². The number of carbonyl (C=O) groups excluding carboxylic acids is 1. The van der Waals surface area contributed by atoms with Crippen LogP contribution in [0.3, 0.4) is 0 Å². The summed E-state index contributed by atoms with van der Waals surface area (Å²) in [7, 11) is 3.49. The molecule has 0 amide bonds. The molecule has 21 heavy (non-hydrogen) atoms. The van der Waals surface area contributed by atoms with Gasteiger partial charge in [0.05, 0.1) is 24.1 Å². The molecule has 0 bridgehead atoms. The molecule has 2 aromatic rings. The number of aryl methyl sites for hydroxylation is 1. The SMILES string of the molecule is COC(=O)C1CCC(Nc2nc3ccccc3n2C)CC1. The van der Waals surface area contributed by atoms with Gasteiger partial charge < -0.3 is 14.6 Å². The summed E-state index contributed by atoms with van der Waals surface area (Å²) >= 11 is 0. The summed E-state index contributed by atoms with van der Waals surface area (Å²) < 4.78 is 6.91. The molecule has 1 N–H and O–H groups in total. The lowest BCUT2D eigenvalue weighted by Crippen LogP contribution is -2.30. The summed E-state index contributed by atoms with van der Waals surface area (Å²) in [4.78, 5) is 16.2. The maximum atomic E-state index is 11.5. The number of hydrogen-bond acceptors (Lipinski definition) is 4. The smallest absolute Gasteiger partial charge is 0.308 e. The largest absolute Gasteiger partial charge is 0.469 e. The fourth-order valence-electron chi connectivity index (χ4n) is 3.10. The maximum absolute atomic E-state index is 11.5. The van der Waals surface area contributed by atoms with Crippen LogP contribution < -0.4 is 5.32 Å². The Morgan fingerprint density at radius 1 is 1.29 bits per heavy atom. The Hall–Kier alpha value is -2.04. The number of ether oxygens (including phenoxy) is 1. The number of aromatic nitrogens is 2. The van der Waals surface area contributed by atoms with Crippen LogP contribution in [0.2, 0.25) is 0 Å². The van der Waals surface area contributed by atoms with E-state index in [9.17, 15) is 4.79 Å². The second kappa shape index (κ2) is 5.76. The van der Waals surface area contributed by atoms with Crippen LogP contribution in [-0.2, 0) is 16.6 Å². The Morgan fingerprint density at radius 3 is 2.67 bits per heavy atom. The monoisotopic (exact) mass is 287 g/mol. The normalized spacial score (nSPS) is 22.2. The second-order valence-electron chi connectivity index (χ2n) is 5.70. The number of fused-ring (bicyclic) bond motifs is 1. The third-order valence-corrected chi connectivity index (χ3v) is 4.38. The maximum Gasteiger partial charge on any atom is 0.308 e. The Labute approximate surface area is 124 Å². The zero-order valence-corrected chi connectivity index (χ0v) is 12.5. The van der Waals surface area contributed by atoms with Crippen LogP contribution in [-0.4, -0.2) is 28.7 Å². The van der Waals surface area contributed by atoms with Crippen LogP contribution in [0.4, 0.5) is 5.95 Å². The molecule has 1 aromatic carbocycles. The minimum Gasteiger partial charge on any atom is -0.469 e. The number of para-hydroxylation sites is 2. The molecule has 5 nitrogen and oxygen atoms in total. The van der Waals surface area contributed by atoms with E-state index in [1.165, 1.54) is 7.11 Å². The summed E-state index contributed by atoms with van der Waals surface area (Å²) in [6, 6.07) is 8.49. The molecule has 3 rings (SSSR count). The molecule has 1 fully saturated rings. The molecule has 0 atom stereocenters. The molecule has 1 aliphatic rings. The Bertz CT molecular complexity index is 642. The van der Waals surface area contributed by atoms with E-state index in [-0.39, 0.29) is 11.9 Å². The third-order valence-electron chi connectivity index (χ3n) is 4.38. The topological polar surface area (TPSA) is 56.1 Å². The number of nitrogens with one attached hydrogen (secondary N) is 1. The first kappa shape index (κ1) is 13.9. The van der Waals surface area contributed by atoms with Gasteiger partial charge in [0.25, 0.3) is 0 Å². The van der Waals surface area contributed by atoms with Gasteiger partial charge in [-0.3, -0.25) is 4.79 Å². The number of hydrogen-bond donors (Lipinski definition) is 1. The lowest BCUT2D eigenvalue weighted by atomic mass is 9.86. The van der Waals surface area contributed by atoms with Crippen molar-refractivity contribution in [2.75, 3.05) is 12.4 Å². The van der Waals surface area contributed by atoms with E-state index < -0.39 is 0 Å². The van der Waals surface area contributed by atoms with Gasteiger partial charge in [0.2, 0.25) is 5.95 Å². The number of anilines is 1. The Kier molecular flexibility index (Phi) is 3.82. The van der Waals surface area contributed by atoms with Gasteiger partial charge in [-0.05, 0) is 37.8 Å². The fourth-order valence-corrected chi connectivity index (χ4v) is 3.10. The molecule has 0 aliphatic heterocycles. The highest BCUT2D eigenvalue weighted by atomic mass is 16.5. The van der Waals surface area contributed by atoms with Crippen molar-refractivity contribution in [1.82, 2.24) is 9.55 Å². The van der Waals surface area contributed by atoms with Crippen molar-refractivity contribution in [2.24, 2.45) is 13.0 Å². The Balaban J connectivity index is 1.67. The summed E-state index contributed by atoms with van der Waals surface area (Å²) in [6.45, 7) is 0. The van der Waals surface area contributed by atoms with E-state index >= 15 is 0 Å². The molecule has 1 saturated carbocycles. The van der Waals surface area contributed by atoms with E-state index in [0.29, 0.717) is 6.04 Å². The number of nitrogens with zero attached hydrogens (tertiary/aromatic N) is 2. The summed E-state index contributed by atoms with van der Waals surface area (Å²) in [5.74, 6) is 0.891. The predicted molar refractivity (Wildman–Crippen MR) is 82.1 cm³/mol. The quantitative estimate of drug-likeness (QED) is 0.882. The molecule has 0 radical (unpaired) electrons. The van der Waals surface area contributed by atoms with Gasteiger partial charge >= 0.3 is 5.97 Å². The van der Waals surface area contributed by atoms with Crippen LogP contribution in [0.25, 0.3) is 11.0 Å². The van der Waals surface area contributed by atoms with Crippen LogP contribution in [0.1, 0.15) is 25.7 Å². The molecule has 112 valence electrons. The first-order chi connectivity index (χ1) is 10.2. The van der Waals surface area contributed by atoms with Crippen LogP contribution in [0.15, 0.2) is 24.3 Å². The Morgan fingerprint density at radius 2 is 2.00 bits per heavy atom. The van der Waals surface area contributed by atoms with Gasteiger partial charge in [0.1, 0.15) is 0 Å². The minimum absolute atomic E-state index is 0.0634. The van der Waals surface area contributed by atoms with Gasteiger partial charge in [-0.15, -0.1) is 0 Å². The van der Waals surface area contributed by atoms with Gasteiger partial charge in [-0.2, -0.15) is 0 Å². The lowest BCUT2D eigenvalue weighted by Gasteiger charge is -2.27. The molecular weight excluding hydrogens is 266 g/mol. The number of rotatable bonds is 3. The average molecular weight is 287 g/mol. The van der Waals surface area contributed by atoms with E-state index in [4.69, 9.17) is 4.74 Å². The van der Waals surface area contributed by atoms with E-state index in [2.05, 4.69) is 20.9 Å². The fraction of sp³-hybridized carbons (Fsp3) is 0.500. The van der Waals surface area contributed by atoms with E-state index in [1.54, 1.807) is 0 Å². The molecule has 0 spiro atoms. The number of methoxy groups -OCH3 is 1. The zero-order chi connectivity index (χ0) is 14.8. The summed E-state index contributed by atoms with van der Waals surface area (Å²) in [5, 5.41) is 3.52. The molecule has 1 heterocycles. The minimum atomic E-state index is -0.0730. The molecule has 5 heteroatoms. The van der Waals surface area contributed by atoms with Crippen molar-refractivity contribution >= 4 is 23.0 Å². The molecule has 0 saturated heterocycles. The first-order valence-corrected chi connectivity index (χ1v) is 7.45. The average Bonchev–Trinajstić information content (AvgIpc) is 2.84. The zero-order valence-electron chi connectivity index (χ0n) is 12.5. The van der Waals surface area contributed by atoms with Crippen molar-refractivity contribution in [3.8, 4) is 0 Å². The highest BCUT2D eigenvalue weighted by molar-refractivity contribution is 5.78. The lowest BCUT2D eigenvalue weighted by molar-refractivity contribution is -0.146. The molecule has 1 aromatic heterocycles. The number of esters is 1. The summed E-state index contributed by atoms with van der Waals surface area (Å²) in [6.07, 6.45) is 3.72.